The molecule has 1 saturated heterocycles. The first-order valence-electron chi connectivity index (χ1n) is 11.5. The molecule has 2 heterocycles. The highest BCUT2D eigenvalue weighted by Gasteiger charge is 2.22. The highest BCUT2D eigenvalue weighted by atomic mass is 32.2. The Labute approximate surface area is 181 Å². The molecule has 0 radical (unpaired) electrons. The molecule has 1 aliphatic rings. The Morgan fingerprint density at radius 1 is 1.13 bits per heavy atom. The van der Waals surface area contributed by atoms with E-state index in [9.17, 15) is 8.42 Å². The lowest BCUT2D eigenvalue weighted by Gasteiger charge is -2.32. The van der Waals surface area contributed by atoms with Crippen molar-refractivity contribution >= 4 is 20.7 Å². The Kier molecular flexibility index (Phi) is 8.51. The number of aromatic nitrogens is 1. The van der Waals surface area contributed by atoms with Crippen molar-refractivity contribution in [2.75, 3.05) is 31.1 Å². The van der Waals surface area contributed by atoms with Crippen LogP contribution < -0.4 is 4.74 Å². The normalized spacial score (nSPS) is 16.2. The van der Waals surface area contributed by atoms with Gasteiger partial charge >= 0.3 is 0 Å². The molecule has 0 spiro atoms. The van der Waals surface area contributed by atoms with Gasteiger partial charge < -0.3 is 9.64 Å². The second kappa shape index (κ2) is 11.1. The van der Waals surface area contributed by atoms with Crippen LogP contribution in [0.4, 0.5) is 0 Å². The first kappa shape index (κ1) is 23.0. The number of unbranched alkanes of at least 4 members (excludes halogenated alkanes) is 2. The van der Waals surface area contributed by atoms with Gasteiger partial charge in [-0.1, -0.05) is 32.8 Å². The van der Waals surface area contributed by atoms with Crippen molar-refractivity contribution in [3.05, 3.63) is 36.0 Å². The fourth-order valence-electron chi connectivity index (χ4n) is 4.11. The lowest BCUT2D eigenvalue weighted by molar-refractivity contribution is 0.102. The maximum absolute atomic E-state index is 11.7. The van der Waals surface area contributed by atoms with Crippen molar-refractivity contribution in [2.45, 2.75) is 64.9 Å². The third-order valence-electron chi connectivity index (χ3n) is 6.00. The van der Waals surface area contributed by atoms with E-state index < -0.39 is 9.84 Å². The maximum atomic E-state index is 11.7. The summed E-state index contributed by atoms with van der Waals surface area (Å²) in [5, 5.41) is 1.15. The van der Waals surface area contributed by atoms with Crippen molar-refractivity contribution in [2.24, 2.45) is 0 Å². The number of rotatable bonds is 11. The van der Waals surface area contributed by atoms with Crippen LogP contribution >= 0.6 is 0 Å². The second-order valence-electron chi connectivity index (χ2n) is 8.37. The number of nitrogens with zero attached hydrogens (tertiary/aromatic N) is 2. The third-order valence-corrected chi connectivity index (χ3v) is 7.79. The minimum atomic E-state index is -2.86. The summed E-state index contributed by atoms with van der Waals surface area (Å²) in [5.74, 6) is 1.44. The van der Waals surface area contributed by atoms with Crippen molar-refractivity contribution < 1.29 is 13.2 Å². The van der Waals surface area contributed by atoms with Crippen LogP contribution in [0.25, 0.3) is 10.9 Å². The Morgan fingerprint density at radius 2 is 1.93 bits per heavy atom. The number of pyridine rings is 1. The number of hydrogen-bond donors (Lipinski definition) is 0. The average Bonchev–Trinajstić information content (AvgIpc) is 2.75. The van der Waals surface area contributed by atoms with Gasteiger partial charge in [-0.15, -0.1) is 0 Å². The summed E-state index contributed by atoms with van der Waals surface area (Å²) in [7, 11) is -2.86. The zero-order valence-electron chi connectivity index (χ0n) is 18.5. The molecule has 1 aliphatic heterocycles. The molecule has 0 unspecified atom stereocenters. The molecular formula is C24H36N2O3S. The molecule has 0 atom stereocenters. The number of ether oxygens (including phenoxy) is 1. The van der Waals surface area contributed by atoms with Crippen LogP contribution in [-0.2, 0) is 16.3 Å². The van der Waals surface area contributed by atoms with Crippen LogP contribution in [0.3, 0.4) is 0 Å². The quantitative estimate of drug-likeness (QED) is 0.484. The smallest absolute Gasteiger partial charge is 0.150 e. The van der Waals surface area contributed by atoms with Gasteiger partial charge in [0.15, 0.2) is 0 Å². The lowest BCUT2D eigenvalue weighted by Crippen LogP contribution is -2.39. The van der Waals surface area contributed by atoms with Gasteiger partial charge in [-0.05, 0) is 62.4 Å². The molecule has 1 aromatic carbocycles. The van der Waals surface area contributed by atoms with E-state index in [4.69, 9.17) is 4.74 Å². The second-order valence-corrected chi connectivity index (χ2v) is 10.8. The summed E-state index contributed by atoms with van der Waals surface area (Å²) >= 11 is 0. The minimum Gasteiger partial charge on any atom is -0.488 e. The molecule has 166 valence electrons. The summed E-state index contributed by atoms with van der Waals surface area (Å²) in [6.45, 7) is 6.71. The summed E-state index contributed by atoms with van der Waals surface area (Å²) in [5.41, 5.74) is 2.28. The van der Waals surface area contributed by atoms with E-state index in [1.54, 1.807) is 6.92 Å². The van der Waals surface area contributed by atoms with E-state index in [0.717, 1.165) is 62.0 Å². The SMILES string of the molecule is CCCCCc1cc(OC2CCN(CCCS(=O)(=O)CC)CC2)c2ncccc2c1. The monoisotopic (exact) mass is 432 g/mol. The number of benzene rings is 1. The predicted molar refractivity (Wildman–Crippen MR) is 124 cm³/mol. The molecule has 30 heavy (non-hydrogen) atoms. The Balaban J connectivity index is 1.57. The molecule has 0 aliphatic carbocycles. The number of aryl methyl sites for hydroxylation is 1. The number of fused-ring (bicyclic) bond motifs is 1. The molecule has 1 aromatic heterocycles. The summed E-state index contributed by atoms with van der Waals surface area (Å²) in [6, 6.07) is 8.54. The van der Waals surface area contributed by atoms with Crippen molar-refractivity contribution in [1.29, 1.82) is 0 Å². The van der Waals surface area contributed by atoms with E-state index in [-0.39, 0.29) is 11.9 Å². The van der Waals surface area contributed by atoms with Gasteiger partial charge in [-0.25, -0.2) is 8.42 Å². The number of likely N-dealkylation sites (tertiary alicyclic amines) is 1. The van der Waals surface area contributed by atoms with Gasteiger partial charge in [0.25, 0.3) is 0 Å². The first-order chi connectivity index (χ1) is 14.5. The zero-order valence-corrected chi connectivity index (χ0v) is 19.3. The fourth-order valence-corrected chi connectivity index (χ4v) is 4.97. The number of piperidine rings is 1. The van der Waals surface area contributed by atoms with Gasteiger partial charge in [0.1, 0.15) is 27.2 Å². The third kappa shape index (κ3) is 6.67. The van der Waals surface area contributed by atoms with E-state index >= 15 is 0 Å². The first-order valence-corrected chi connectivity index (χ1v) is 13.3. The van der Waals surface area contributed by atoms with Gasteiger partial charge in [-0.2, -0.15) is 0 Å². The van der Waals surface area contributed by atoms with Crippen molar-refractivity contribution in [3.63, 3.8) is 0 Å². The molecule has 6 heteroatoms. The molecule has 0 amide bonds. The fraction of sp³-hybridized carbons (Fsp3) is 0.625. The van der Waals surface area contributed by atoms with E-state index in [0.29, 0.717) is 5.75 Å². The topological polar surface area (TPSA) is 59.5 Å². The van der Waals surface area contributed by atoms with Gasteiger partial charge in [-0.3, -0.25) is 4.98 Å². The zero-order chi connectivity index (χ0) is 21.4. The van der Waals surface area contributed by atoms with E-state index in [1.165, 1.54) is 24.8 Å². The lowest BCUT2D eigenvalue weighted by atomic mass is 10.0. The average molecular weight is 433 g/mol. The highest BCUT2D eigenvalue weighted by Crippen LogP contribution is 2.29. The number of hydrogen-bond acceptors (Lipinski definition) is 5. The largest absolute Gasteiger partial charge is 0.488 e. The van der Waals surface area contributed by atoms with Crippen LogP contribution in [0.1, 0.15) is 57.9 Å². The van der Waals surface area contributed by atoms with Crippen LogP contribution in [0.5, 0.6) is 5.75 Å². The summed E-state index contributed by atoms with van der Waals surface area (Å²) < 4.78 is 29.8. The van der Waals surface area contributed by atoms with Crippen molar-refractivity contribution in [3.8, 4) is 5.75 Å². The molecule has 0 saturated carbocycles. The van der Waals surface area contributed by atoms with Gasteiger partial charge in [0.2, 0.25) is 0 Å². The van der Waals surface area contributed by atoms with Crippen LogP contribution in [0.15, 0.2) is 30.5 Å². The standard InChI is InChI=1S/C24H36N2O3S/c1-3-5-6-9-20-18-21-10-7-13-25-24(21)23(19-20)29-22-11-15-26(16-12-22)14-8-17-30(27,28)4-2/h7,10,13,18-19,22H,3-6,8-9,11-12,14-17H2,1-2H3. The molecule has 0 N–H and O–H groups in total. The molecule has 3 rings (SSSR count). The maximum Gasteiger partial charge on any atom is 0.150 e. The molecule has 2 aromatic rings. The van der Waals surface area contributed by atoms with Crippen LogP contribution in [0, 0.1) is 0 Å². The molecular weight excluding hydrogens is 396 g/mol. The predicted octanol–water partition coefficient (Wildman–Crippen LogP) is 4.64. The molecule has 0 bridgehead atoms. The summed E-state index contributed by atoms with van der Waals surface area (Å²) in [4.78, 5) is 6.94. The molecule has 1 fully saturated rings. The molecule has 5 nitrogen and oxygen atoms in total. The van der Waals surface area contributed by atoms with Crippen molar-refractivity contribution in [1.82, 2.24) is 9.88 Å². The van der Waals surface area contributed by atoms with Gasteiger partial charge in [0.05, 0.1) is 5.75 Å². The van der Waals surface area contributed by atoms with E-state index in [1.807, 2.05) is 12.3 Å². The van der Waals surface area contributed by atoms with Gasteiger partial charge in [0, 0.05) is 30.4 Å². The summed E-state index contributed by atoms with van der Waals surface area (Å²) in [6.07, 6.45) is 9.43. The van der Waals surface area contributed by atoms with Crippen LogP contribution in [-0.4, -0.2) is 55.5 Å². The highest BCUT2D eigenvalue weighted by molar-refractivity contribution is 7.91. The van der Waals surface area contributed by atoms with Crippen LogP contribution in [0.2, 0.25) is 0 Å². The minimum absolute atomic E-state index is 0.191. The van der Waals surface area contributed by atoms with E-state index in [2.05, 4.69) is 35.0 Å². The Morgan fingerprint density at radius 3 is 2.67 bits per heavy atom. The number of sulfone groups is 1. The Hall–Kier alpha value is -1.66. The Bertz CT molecular complexity index is 906.